The van der Waals surface area contributed by atoms with Gasteiger partial charge in [0.1, 0.15) is 24.9 Å². The standard InChI is InChI=1S/C8H7ClNO4P.2C7H9N/c9-5-1-2-6-7(3-5)10-4-8(6)14-15(11,12)13;2*1-6-2-4-7(8)5-3-6/h1-4,10H,(H2,11,12,13);2*2-5H,8H2,1H3. The third kappa shape index (κ3) is 8.94. The number of aromatic nitrogens is 1. The van der Waals surface area contributed by atoms with Crippen LogP contribution in [0, 0.1) is 13.8 Å². The van der Waals surface area contributed by atoms with Crippen molar-refractivity contribution in [2.45, 2.75) is 13.8 Å². The molecule has 4 rings (SSSR count). The highest BCUT2D eigenvalue weighted by atomic mass is 35.5. The van der Waals surface area contributed by atoms with Crippen molar-refractivity contribution in [3.8, 4) is 5.75 Å². The second kappa shape index (κ2) is 11.1. The lowest BCUT2D eigenvalue weighted by atomic mass is 10.2. The van der Waals surface area contributed by atoms with Crippen LogP contribution in [0.25, 0.3) is 10.9 Å². The predicted octanol–water partition coefficient (Wildman–Crippen LogP) is 2.77. The smallest absolute Gasteiger partial charge is 0.149 e. The summed E-state index contributed by atoms with van der Waals surface area (Å²) in [6.45, 7) is 4.14. The SMILES string of the molecule is Cc1ccc([NH3+])cc1.Cc1ccc([NH3+])cc1.O=P([O-])([O-])Oc1c[nH]c2cc(Cl)ccc12. The molecule has 3 aromatic carbocycles. The molecule has 0 unspecified atom stereocenters. The summed E-state index contributed by atoms with van der Waals surface area (Å²) in [5.74, 6) is -0.0185. The van der Waals surface area contributed by atoms with Gasteiger partial charge in [-0.2, -0.15) is 0 Å². The predicted molar refractivity (Wildman–Crippen MR) is 119 cm³/mol. The molecule has 9 heteroatoms. The topological polar surface area (TPSA) is 143 Å². The van der Waals surface area contributed by atoms with Gasteiger partial charge in [0.2, 0.25) is 0 Å². The zero-order valence-corrected chi connectivity index (χ0v) is 19.0. The van der Waals surface area contributed by atoms with Crippen LogP contribution in [0.1, 0.15) is 11.1 Å². The van der Waals surface area contributed by atoms with E-state index in [0.29, 0.717) is 15.9 Å². The number of aromatic amines is 1. The molecule has 0 spiro atoms. The fourth-order valence-electron chi connectivity index (χ4n) is 2.44. The highest BCUT2D eigenvalue weighted by Gasteiger charge is 2.06. The molecule has 0 aliphatic heterocycles. The van der Waals surface area contributed by atoms with Gasteiger partial charge < -0.3 is 35.3 Å². The molecule has 0 fully saturated rings. The molecule has 0 bridgehead atoms. The van der Waals surface area contributed by atoms with E-state index in [4.69, 9.17) is 11.6 Å². The van der Waals surface area contributed by atoms with Crippen LogP contribution in [0.3, 0.4) is 0 Å². The van der Waals surface area contributed by atoms with Gasteiger partial charge in [-0.3, -0.25) is 0 Å². The van der Waals surface area contributed by atoms with Crippen molar-refractivity contribution in [2.75, 3.05) is 0 Å². The van der Waals surface area contributed by atoms with E-state index in [0.717, 1.165) is 11.4 Å². The molecule has 0 amide bonds. The van der Waals surface area contributed by atoms with E-state index in [9.17, 15) is 14.4 Å². The fourth-order valence-corrected chi connectivity index (χ4v) is 3.01. The number of halogens is 1. The van der Waals surface area contributed by atoms with Crippen molar-refractivity contribution < 1.29 is 30.3 Å². The molecule has 0 atom stereocenters. The van der Waals surface area contributed by atoms with Crippen molar-refractivity contribution in [1.29, 1.82) is 0 Å². The summed E-state index contributed by atoms with van der Waals surface area (Å²) in [4.78, 5) is 23.6. The van der Waals surface area contributed by atoms with Crippen LogP contribution in [-0.2, 0) is 4.57 Å². The van der Waals surface area contributed by atoms with Crippen LogP contribution in [0.15, 0.2) is 72.9 Å². The lowest BCUT2D eigenvalue weighted by molar-refractivity contribution is -0.333. The maximum Gasteiger partial charge on any atom is 0.149 e. The Kier molecular flexibility index (Phi) is 8.83. The van der Waals surface area contributed by atoms with Crippen LogP contribution >= 0.6 is 19.4 Å². The Hall–Kier alpha value is -2.64. The summed E-state index contributed by atoms with van der Waals surface area (Å²) in [7, 11) is -5.02. The van der Waals surface area contributed by atoms with Gasteiger partial charge >= 0.3 is 0 Å². The van der Waals surface area contributed by atoms with Crippen molar-refractivity contribution in [2.24, 2.45) is 0 Å². The Bertz CT molecular complexity index is 1070. The van der Waals surface area contributed by atoms with Crippen molar-refractivity contribution in [1.82, 2.24) is 4.98 Å². The average Bonchev–Trinajstić information content (AvgIpc) is 3.07. The van der Waals surface area contributed by atoms with Gasteiger partial charge in [-0.1, -0.05) is 47.0 Å². The second-order valence-corrected chi connectivity index (χ2v) is 8.37. The quantitative estimate of drug-likeness (QED) is 0.394. The third-order valence-electron chi connectivity index (χ3n) is 4.06. The summed E-state index contributed by atoms with van der Waals surface area (Å²) in [5.41, 5.74) is 12.9. The van der Waals surface area contributed by atoms with E-state index in [2.05, 4.69) is 59.1 Å². The summed E-state index contributed by atoms with van der Waals surface area (Å²) in [5, 5.41) is 0.995. The molecular weight excluding hydrogens is 437 g/mol. The number of hydrogen-bond donors (Lipinski definition) is 3. The van der Waals surface area contributed by atoms with Crippen LogP contribution in [0.2, 0.25) is 5.02 Å². The first kappa shape index (κ1) is 24.6. The summed E-state index contributed by atoms with van der Waals surface area (Å²) in [6.07, 6.45) is 1.30. The van der Waals surface area contributed by atoms with Crippen molar-refractivity contribution in [3.05, 3.63) is 89.1 Å². The van der Waals surface area contributed by atoms with Gasteiger partial charge in [-0.25, -0.2) is 0 Å². The molecule has 0 saturated carbocycles. The molecule has 0 aliphatic rings. The van der Waals surface area contributed by atoms with Gasteiger partial charge in [0.15, 0.2) is 0 Å². The van der Waals surface area contributed by atoms with Gasteiger partial charge in [0, 0.05) is 16.6 Å². The minimum Gasteiger partial charge on any atom is -0.780 e. The van der Waals surface area contributed by atoms with Crippen LogP contribution in [0.5, 0.6) is 5.75 Å². The summed E-state index contributed by atoms with van der Waals surface area (Å²) >= 11 is 5.72. The maximum atomic E-state index is 10.4. The van der Waals surface area contributed by atoms with E-state index < -0.39 is 7.82 Å². The monoisotopic (exact) mass is 461 g/mol. The van der Waals surface area contributed by atoms with Crippen molar-refractivity contribution >= 4 is 41.7 Å². The minimum atomic E-state index is -5.02. The second-order valence-electron chi connectivity index (χ2n) is 6.85. The molecule has 164 valence electrons. The van der Waals surface area contributed by atoms with Crippen molar-refractivity contribution in [3.63, 3.8) is 0 Å². The molecular formula is C22H25ClN3O4P. The number of H-pyrrole nitrogens is 1. The highest BCUT2D eigenvalue weighted by Crippen LogP contribution is 2.35. The van der Waals surface area contributed by atoms with E-state index in [1.807, 2.05) is 24.3 Å². The molecule has 0 radical (unpaired) electrons. The molecule has 0 saturated heterocycles. The van der Waals surface area contributed by atoms with E-state index in [-0.39, 0.29) is 5.75 Å². The van der Waals surface area contributed by atoms with E-state index >= 15 is 0 Å². The molecule has 7 nitrogen and oxygen atoms in total. The lowest BCUT2D eigenvalue weighted by Gasteiger charge is -2.28. The molecule has 31 heavy (non-hydrogen) atoms. The van der Waals surface area contributed by atoms with Crippen LogP contribution < -0.4 is 25.8 Å². The van der Waals surface area contributed by atoms with Crippen LogP contribution in [0.4, 0.5) is 11.4 Å². The Labute approximate surface area is 185 Å². The largest absolute Gasteiger partial charge is 0.780 e. The lowest BCUT2D eigenvalue weighted by Crippen LogP contribution is -2.39. The zero-order valence-electron chi connectivity index (χ0n) is 17.3. The molecule has 1 heterocycles. The number of rotatable bonds is 2. The van der Waals surface area contributed by atoms with Gasteiger partial charge in [-0.15, -0.1) is 0 Å². The number of benzene rings is 3. The van der Waals surface area contributed by atoms with E-state index in [1.165, 1.54) is 17.3 Å². The first-order valence-corrected chi connectivity index (χ1v) is 11.1. The van der Waals surface area contributed by atoms with Gasteiger partial charge in [-0.05, 0) is 56.3 Å². The number of phosphoric acid groups is 1. The minimum absolute atomic E-state index is 0.0185. The molecule has 0 aliphatic carbocycles. The van der Waals surface area contributed by atoms with Gasteiger partial charge in [0.25, 0.3) is 0 Å². The average molecular weight is 462 g/mol. The fraction of sp³-hybridized carbons (Fsp3) is 0.0909. The molecule has 7 N–H and O–H groups in total. The Morgan fingerprint density at radius 3 is 1.77 bits per heavy atom. The first-order valence-electron chi connectivity index (χ1n) is 9.29. The number of hydrogen-bond acceptors (Lipinski definition) is 4. The first-order chi connectivity index (χ1) is 14.5. The Balaban J connectivity index is 0.000000181. The number of fused-ring (bicyclic) bond motifs is 1. The number of aryl methyl sites for hydroxylation is 2. The summed E-state index contributed by atoms with van der Waals surface area (Å²) < 4.78 is 14.7. The zero-order chi connectivity index (χ0) is 23.0. The third-order valence-corrected chi connectivity index (χ3v) is 4.71. The Morgan fingerprint density at radius 1 is 0.871 bits per heavy atom. The Morgan fingerprint density at radius 2 is 1.35 bits per heavy atom. The molecule has 1 aromatic heterocycles. The van der Waals surface area contributed by atoms with E-state index in [1.54, 1.807) is 18.2 Å². The highest BCUT2D eigenvalue weighted by molar-refractivity contribution is 7.43. The normalized spacial score (nSPS) is 10.5. The number of phosphoric ester groups is 1. The van der Waals surface area contributed by atoms with Gasteiger partial charge in [0.05, 0.1) is 5.52 Å². The maximum absolute atomic E-state index is 10.4. The van der Waals surface area contributed by atoms with Crippen LogP contribution in [-0.4, -0.2) is 4.98 Å². The number of nitrogens with one attached hydrogen (secondary N) is 1. The number of quaternary nitrogens is 2. The molecule has 4 aromatic rings. The summed E-state index contributed by atoms with van der Waals surface area (Å²) in [6, 6.07) is 21.0.